The molecule has 1 N–H and O–H groups in total. The zero-order valence-electron chi connectivity index (χ0n) is 18.6. The lowest BCUT2D eigenvalue weighted by Gasteiger charge is -2.20. The Morgan fingerprint density at radius 2 is 1.23 bits per heavy atom. The Morgan fingerprint density at radius 3 is 1.73 bits per heavy atom. The monoisotopic (exact) mass is 418 g/mol. The molecular weight excluding hydrogens is 391 g/mol. The van der Waals surface area contributed by atoms with Crippen molar-refractivity contribution in [1.29, 1.82) is 0 Å². The number of aromatic hydroxyl groups is 1. The summed E-state index contributed by atoms with van der Waals surface area (Å²) in [6, 6.07) is 0. The lowest BCUT2D eigenvalue weighted by atomic mass is 9.92. The third kappa shape index (κ3) is 3.89. The Bertz CT molecular complexity index is 981. The lowest BCUT2D eigenvalue weighted by molar-refractivity contribution is -0.0126. The van der Waals surface area contributed by atoms with Gasteiger partial charge in [-0.15, -0.1) is 0 Å². The van der Waals surface area contributed by atoms with Crippen molar-refractivity contribution in [3.63, 3.8) is 0 Å². The minimum Gasteiger partial charge on any atom is -0.505 e. The van der Waals surface area contributed by atoms with Crippen LogP contribution >= 0.6 is 0 Å². The first-order chi connectivity index (χ1) is 13.9. The van der Waals surface area contributed by atoms with Crippen LogP contribution in [-0.4, -0.2) is 30.9 Å². The SMILES string of the molecule is COCOC(=O)c1c(C)c(C)c(OC(=O)c2c(C)c(C)c(O)c(F)c2C)c(C)c1C. The smallest absolute Gasteiger partial charge is 0.344 e. The first-order valence-corrected chi connectivity index (χ1v) is 9.42. The fourth-order valence-electron chi connectivity index (χ4n) is 3.47. The summed E-state index contributed by atoms with van der Waals surface area (Å²) in [5, 5.41) is 9.89. The van der Waals surface area contributed by atoms with Gasteiger partial charge in [-0.25, -0.2) is 14.0 Å². The number of benzene rings is 2. The van der Waals surface area contributed by atoms with Crippen LogP contribution in [0.2, 0.25) is 0 Å². The number of phenols is 1. The maximum Gasteiger partial charge on any atom is 0.344 e. The van der Waals surface area contributed by atoms with Crippen LogP contribution in [-0.2, 0) is 9.47 Å². The molecule has 162 valence electrons. The average Bonchev–Trinajstić information content (AvgIpc) is 2.71. The Labute approximate surface area is 175 Å². The molecule has 2 aromatic rings. The average molecular weight is 418 g/mol. The Hall–Kier alpha value is -2.93. The van der Waals surface area contributed by atoms with Crippen LogP contribution in [0.25, 0.3) is 0 Å². The minimum absolute atomic E-state index is 0.0177. The fourth-order valence-corrected chi connectivity index (χ4v) is 3.47. The van der Waals surface area contributed by atoms with Crippen LogP contribution in [0.1, 0.15) is 59.7 Å². The predicted molar refractivity (Wildman–Crippen MR) is 110 cm³/mol. The number of hydrogen-bond donors (Lipinski definition) is 1. The number of carbonyl (C=O) groups excluding carboxylic acids is 2. The molecule has 0 saturated carbocycles. The van der Waals surface area contributed by atoms with Gasteiger partial charge in [-0.1, -0.05) is 0 Å². The molecule has 2 rings (SSSR count). The van der Waals surface area contributed by atoms with E-state index < -0.39 is 23.5 Å². The van der Waals surface area contributed by atoms with E-state index in [1.54, 1.807) is 34.6 Å². The molecular formula is C23H27FO6. The van der Waals surface area contributed by atoms with Crippen LogP contribution in [0.4, 0.5) is 4.39 Å². The quantitative estimate of drug-likeness (QED) is 0.432. The summed E-state index contributed by atoms with van der Waals surface area (Å²) in [6.07, 6.45) is 0. The molecule has 0 radical (unpaired) electrons. The van der Waals surface area contributed by atoms with Crippen LogP contribution in [0.3, 0.4) is 0 Å². The van der Waals surface area contributed by atoms with Gasteiger partial charge in [0.25, 0.3) is 0 Å². The van der Waals surface area contributed by atoms with E-state index >= 15 is 0 Å². The molecule has 30 heavy (non-hydrogen) atoms. The van der Waals surface area contributed by atoms with E-state index in [9.17, 15) is 19.1 Å². The number of ether oxygens (including phenoxy) is 3. The summed E-state index contributed by atoms with van der Waals surface area (Å²) >= 11 is 0. The highest BCUT2D eigenvalue weighted by Gasteiger charge is 2.27. The molecule has 0 saturated heterocycles. The van der Waals surface area contributed by atoms with Crippen LogP contribution < -0.4 is 4.74 Å². The molecule has 6 nitrogen and oxygen atoms in total. The highest BCUT2D eigenvalue weighted by atomic mass is 19.1. The van der Waals surface area contributed by atoms with Crippen molar-refractivity contribution in [2.24, 2.45) is 0 Å². The summed E-state index contributed by atoms with van der Waals surface area (Å²) in [5.74, 6) is -2.27. The van der Waals surface area contributed by atoms with Crippen LogP contribution in [0.15, 0.2) is 0 Å². The van der Waals surface area contributed by atoms with Gasteiger partial charge in [0, 0.05) is 12.7 Å². The predicted octanol–water partition coefficient (Wildman–Crippen LogP) is 4.67. The number of hydrogen-bond acceptors (Lipinski definition) is 6. The van der Waals surface area contributed by atoms with Crippen LogP contribution in [0, 0.1) is 54.3 Å². The summed E-state index contributed by atoms with van der Waals surface area (Å²) in [6.45, 7) is 11.4. The largest absolute Gasteiger partial charge is 0.505 e. The zero-order valence-corrected chi connectivity index (χ0v) is 18.6. The van der Waals surface area contributed by atoms with E-state index in [2.05, 4.69) is 0 Å². The van der Waals surface area contributed by atoms with Gasteiger partial charge in [-0.3, -0.25) is 0 Å². The Morgan fingerprint density at radius 1 is 0.767 bits per heavy atom. The van der Waals surface area contributed by atoms with Crippen molar-refractivity contribution >= 4 is 11.9 Å². The summed E-state index contributed by atoms with van der Waals surface area (Å²) < 4.78 is 29.9. The number of halogens is 1. The van der Waals surface area contributed by atoms with Gasteiger partial charge in [0.1, 0.15) is 5.75 Å². The van der Waals surface area contributed by atoms with Gasteiger partial charge in [-0.05, 0) is 81.8 Å². The Balaban J connectivity index is 2.56. The topological polar surface area (TPSA) is 82.1 Å². The number of carbonyl (C=O) groups is 2. The molecule has 0 bridgehead atoms. The van der Waals surface area contributed by atoms with E-state index in [0.717, 1.165) is 0 Å². The van der Waals surface area contributed by atoms with Crippen LogP contribution in [0.5, 0.6) is 11.5 Å². The molecule has 0 atom stereocenters. The molecule has 0 aromatic heterocycles. The van der Waals surface area contributed by atoms with Crippen molar-refractivity contribution in [3.05, 3.63) is 55.9 Å². The molecule has 0 aliphatic carbocycles. The lowest BCUT2D eigenvalue weighted by Crippen LogP contribution is -2.18. The van der Waals surface area contributed by atoms with Gasteiger partial charge in [0.15, 0.2) is 18.4 Å². The number of methoxy groups -OCH3 is 1. The van der Waals surface area contributed by atoms with Gasteiger partial charge in [0.2, 0.25) is 0 Å². The van der Waals surface area contributed by atoms with Gasteiger partial charge >= 0.3 is 11.9 Å². The number of rotatable bonds is 5. The van der Waals surface area contributed by atoms with Gasteiger partial charge < -0.3 is 19.3 Å². The second kappa shape index (κ2) is 8.83. The second-order valence-corrected chi connectivity index (χ2v) is 7.34. The zero-order chi connectivity index (χ0) is 22.9. The van der Waals surface area contributed by atoms with Crippen molar-refractivity contribution in [1.82, 2.24) is 0 Å². The number of phenolic OH excluding ortho intramolecular Hbond substituents is 1. The third-order valence-electron chi connectivity index (χ3n) is 5.67. The molecule has 0 heterocycles. The second-order valence-electron chi connectivity index (χ2n) is 7.34. The van der Waals surface area contributed by atoms with Crippen molar-refractivity contribution in [2.45, 2.75) is 48.5 Å². The summed E-state index contributed by atoms with van der Waals surface area (Å²) in [5.41, 5.74) is 3.63. The van der Waals surface area contributed by atoms with E-state index in [1.165, 1.54) is 21.0 Å². The molecule has 0 unspecified atom stereocenters. The van der Waals surface area contributed by atoms with E-state index in [1.807, 2.05) is 0 Å². The van der Waals surface area contributed by atoms with Crippen molar-refractivity contribution in [3.8, 4) is 11.5 Å². The third-order valence-corrected chi connectivity index (χ3v) is 5.67. The molecule has 0 spiro atoms. The first kappa shape index (κ1) is 23.3. The highest BCUT2D eigenvalue weighted by molar-refractivity contribution is 5.97. The molecule has 7 heteroatoms. The van der Waals surface area contributed by atoms with Crippen molar-refractivity contribution < 1.29 is 33.3 Å². The highest BCUT2D eigenvalue weighted by Crippen LogP contribution is 2.35. The van der Waals surface area contributed by atoms with E-state index in [-0.39, 0.29) is 23.5 Å². The van der Waals surface area contributed by atoms with Crippen molar-refractivity contribution in [2.75, 3.05) is 13.9 Å². The standard InChI is InChI=1S/C23H27FO6/c1-10-13(4)20(25)19(24)16(7)18(10)23(27)30-21-14(5)11(2)17(12(3)15(21)6)22(26)29-9-28-8/h25H,9H2,1-8H3. The normalized spacial score (nSPS) is 10.8. The molecule has 2 aromatic carbocycles. The van der Waals surface area contributed by atoms with Gasteiger partial charge in [0.05, 0.1) is 11.1 Å². The maximum absolute atomic E-state index is 14.3. The summed E-state index contributed by atoms with van der Waals surface area (Å²) in [4.78, 5) is 25.4. The Kier molecular flexibility index (Phi) is 6.87. The maximum atomic E-state index is 14.3. The molecule has 0 aliphatic rings. The van der Waals surface area contributed by atoms with E-state index in [4.69, 9.17) is 14.2 Å². The molecule has 0 fully saturated rings. The first-order valence-electron chi connectivity index (χ1n) is 9.42. The summed E-state index contributed by atoms with van der Waals surface area (Å²) in [7, 11) is 1.42. The fraction of sp³-hybridized carbons (Fsp3) is 0.391. The number of esters is 2. The minimum atomic E-state index is -0.845. The molecule has 0 amide bonds. The van der Waals surface area contributed by atoms with Gasteiger partial charge in [-0.2, -0.15) is 0 Å². The molecule has 0 aliphatic heterocycles. The van der Waals surface area contributed by atoms with E-state index in [0.29, 0.717) is 39.1 Å².